The van der Waals surface area contributed by atoms with Gasteiger partial charge in [-0.1, -0.05) is 6.07 Å². The maximum atomic E-state index is 12.4. The van der Waals surface area contributed by atoms with Crippen LogP contribution in [0.5, 0.6) is 0 Å². The molecular weight excluding hydrogens is 544 g/mol. The molecule has 2 fully saturated rings. The first-order chi connectivity index (χ1) is 18.2. The minimum absolute atomic E-state index is 0.0180. The molecule has 3 N–H and O–H groups in total. The fourth-order valence-corrected chi connectivity index (χ4v) is 3.83. The monoisotopic (exact) mass is 569 g/mol. The number of fused-ring (bicyclic) bond motifs is 1. The van der Waals surface area contributed by atoms with Gasteiger partial charge in [-0.3, -0.25) is 14.7 Å². The molecule has 2 aromatic rings. The second-order valence-corrected chi connectivity index (χ2v) is 8.38. The Morgan fingerprint density at radius 2 is 1.64 bits per heavy atom. The highest BCUT2D eigenvalue weighted by Gasteiger charge is 2.42. The van der Waals surface area contributed by atoms with Gasteiger partial charge >= 0.3 is 24.3 Å². The van der Waals surface area contributed by atoms with Crippen LogP contribution in [0.1, 0.15) is 30.4 Å². The van der Waals surface area contributed by atoms with Crippen molar-refractivity contribution in [1.82, 2.24) is 15.2 Å². The third-order valence-electron chi connectivity index (χ3n) is 5.60. The van der Waals surface area contributed by atoms with Crippen LogP contribution in [0.15, 0.2) is 47.5 Å². The standard InChI is InChI=1S/C19H23N3O3.2C2HF3O2/c23-19(21-11-14-2-1-7-20-10-14)18-4-3-16-17(25-18)5-8-22(16)12-15-6-9-24-13-15;2*3-2(4,5)1(6)7/h1-2,6-7,9-10,13,16-18H,3-5,8,11-12H2,(H,21,23);2*(H,6,7)/t16-,17-,18+;;/m1../s1. The first kappa shape index (κ1) is 31.6. The third-order valence-corrected chi connectivity index (χ3v) is 5.60. The van der Waals surface area contributed by atoms with Crippen molar-refractivity contribution < 1.29 is 60.1 Å². The summed E-state index contributed by atoms with van der Waals surface area (Å²) in [6.07, 6.45) is -0.617. The molecule has 39 heavy (non-hydrogen) atoms. The molecule has 216 valence electrons. The van der Waals surface area contributed by atoms with Gasteiger partial charge in [0.25, 0.3) is 0 Å². The summed E-state index contributed by atoms with van der Waals surface area (Å²) in [6, 6.07) is 6.23. The lowest BCUT2D eigenvalue weighted by molar-refractivity contribution is -0.193. The Kier molecular flexibility index (Phi) is 11.3. The van der Waals surface area contributed by atoms with Crippen LogP contribution in [-0.4, -0.2) is 75.1 Å². The van der Waals surface area contributed by atoms with E-state index in [2.05, 4.69) is 15.2 Å². The van der Waals surface area contributed by atoms with Crippen molar-refractivity contribution in [2.75, 3.05) is 6.54 Å². The van der Waals surface area contributed by atoms with Gasteiger partial charge in [-0.25, -0.2) is 9.59 Å². The van der Waals surface area contributed by atoms with Crippen molar-refractivity contribution in [3.63, 3.8) is 0 Å². The van der Waals surface area contributed by atoms with Gasteiger partial charge in [-0.15, -0.1) is 0 Å². The first-order valence-electron chi connectivity index (χ1n) is 11.4. The molecule has 16 heteroatoms. The van der Waals surface area contributed by atoms with Crippen LogP contribution in [0.3, 0.4) is 0 Å². The summed E-state index contributed by atoms with van der Waals surface area (Å²) in [4.78, 5) is 36.7. The number of likely N-dealkylation sites (tertiary alicyclic amines) is 1. The average molecular weight is 569 g/mol. The van der Waals surface area contributed by atoms with Gasteiger partial charge in [0.05, 0.1) is 18.6 Å². The van der Waals surface area contributed by atoms with E-state index in [1.165, 1.54) is 5.56 Å². The molecule has 0 unspecified atom stereocenters. The van der Waals surface area contributed by atoms with Crippen molar-refractivity contribution in [2.45, 2.75) is 63.0 Å². The minimum Gasteiger partial charge on any atom is -0.475 e. The number of alkyl halides is 6. The summed E-state index contributed by atoms with van der Waals surface area (Å²) in [5.74, 6) is -5.53. The lowest BCUT2D eigenvalue weighted by Crippen LogP contribution is -2.47. The van der Waals surface area contributed by atoms with E-state index in [9.17, 15) is 31.1 Å². The Bertz CT molecular complexity index is 1040. The van der Waals surface area contributed by atoms with E-state index in [0.717, 1.165) is 37.9 Å². The Balaban J connectivity index is 0.000000317. The van der Waals surface area contributed by atoms with Crippen LogP contribution >= 0.6 is 0 Å². The molecule has 0 spiro atoms. The number of carboxylic acid groups (broad SMARTS) is 2. The smallest absolute Gasteiger partial charge is 0.475 e. The van der Waals surface area contributed by atoms with Crippen LogP contribution < -0.4 is 5.32 Å². The van der Waals surface area contributed by atoms with Gasteiger partial charge in [0.2, 0.25) is 5.91 Å². The number of hydrogen-bond donors (Lipinski definition) is 3. The molecule has 2 aliphatic rings. The quantitative estimate of drug-likeness (QED) is 0.462. The number of aliphatic carboxylic acids is 2. The van der Waals surface area contributed by atoms with Gasteiger partial charge in [-0.05, 0) is 37.0 Å². The third kappa shape index (κ3) is 10.6. The summed E-state index contributed by atoms with van der Waals surface area (Å²) in [6.45, 7) is 2.39. The van der Waals surface area contributed by atoms with Crippen molar-refractivity contribution in [1.29, 1.82) is 0 Å². The Morgan fingerprint density at radius 1 is 1.00 bits per heavy atom. The predicted octanol–water partition coefficient (Wildman–Crippen LogP) is 3.38. The average Bonchev–Trinajstić information content (AvgIpc) is 3.53. The molecular formula is C23H25F6N3O7. The van der Waals surface area contributed by atoms with Crippen LogP contribution in [-0.2, 0) is 32.2 Å². The van der Waals surface area contributed by atoms with Crippen molar-refractivity contribution >= 4 is 17.8 Å². The van der Waals surface area contributed by atoms with E-state index in [1.54, 1.807) is 24.9 Å². The number of ether oxygens (including phenoxy) is 1. The highest BCUT2D eigenvalue weighted by molar-refractivity contribution is 5.80. The summed E-state index contributed by atoms with van der Waals surface area (Å²) >= 11 is 0. The van der Waals surface area contributed by atoms with Crippen molar-refractivity contribution in [3.8, 4) is 0 Å². The maximum Gasteiger partial charge on any atom is 0.490 e. The van der Waals surface area contributed by atoms with Gasteiger partial charge < -0.3 is 24.7 Å². The molecule has 4 heterocycles. The molecule has 2 saturated heterocycles. The van der Waals surface area contributed by atoms with Crippen LogP contribution in [0.2, 0.25) is 0 Å². The largest absolute Gasteiger partial charge is 0.490 e. The Morgan fingerprint density at radius 3 is 2.15 bits per heavy atom. The number of pyridine rings is 1. The summed E-state index contributed by atoms with van der Waals surface area (Å²) in [7, 11) is 0. The number of carbonyl (C=O) groups excluding carboxylic acids is 1. The molecule has 1 amide bonds. The van der Waals surface area contributed by atoms with Crippen LogP contribution in [0.25, 0.3) is 0 Å². The molecule has 4 rings (SSSR count). The zero-order chi connectivity index (χ0) is 29.2. The molecule has 0 saturated carbocycles. The van der Waals surface area contributed by atoms with Crippen LogP contribution in [0.4, 0.5) is 26.3 Å². The molecule has 0 aromatic carbocycles. The minimum atomic E-state index is -5.08. The zero-order valence-electron chi connectivity index (χ0n) is 20.1. The number of amides is 1. The fourth-order valence-electron chi connectivity index (χ4n) is 3.83. The van der Waals surface area contributed by atoms with E-state index >= 15 is 0 Å². The molecule has 10 nitrogen and oxygen atoms in total. The molecule has 0 aliphatic carbocycles. The topological polar surface area (TPSA) is 142 Å². The number of aromatic nitrogens is 1. The van der Waals surface area contributed by atoms with E-state index in [1.807, 2.05) is 18.2 Å². The SMILES string of the molecule is O=C(NCc1cccnc1)[C@@H]1CC[C@@H]2[C@@H](CCN2Cc2ccoc2)O1.O=C(O)C(F)(F)F.O=C(O)C(F)(F)F. The predicted molar refractivity (Wildman–Crippen MR) is 119 cm³/mol. The summed E-state index contributed by atoms with van der Waals surface area (Å²) in [5, 5.41) is 17.2. The fraction of sp³-hybridized carbons (Fsp3) is 0.478. The highest BCUT2D eigenvalue weighted by Crippen LogP contribution is 2.32. The second kappa shape index (κ2) is 13.9. The lowest BCUT2D eigenvalue weighted by atomic mass is 9.98. The summed E-state index contributed by atoms with van der Waals surface area (Å²) in [5.41, 5.74) is 2.19. The van der Waals surface area contributed by atoms with E-state index in [0.29, 0.717) is 12.6 Å². The molecule has 3 atom stereocenters. The van der Waals surface area contributed by atoms with Gasteiger partial charge in [0.15, 0.2) is 0 Å². The van der Waals surface area contributed by atoms with E-state index in [4.69, 9.17) is 29.0 Å². The number of carboxylic acids is 2. The summed E-state index contributed by atoms with van der Waals surface area (Å²) < 4.78 is 74.7. The Hall–Kier alpha value is -3.66. The van der Waals surface area contributed by atoms with Crippen LogP contribution in [0, 0.1) is 0 Å². The number of nitrogens with one attached hydrogen (secondary N) is 1. The van der Waals surface area contributed by atoms with Gasteiger partial charge in [0, 0.05) is 43.6 Å². The molecule has 2 aromatic heterocycles. The number of rotatable bonds is 5. The maximum absolute atomic E-state index is 12.4. The van der Waals surface area contributed by atoms with E-state index < -0.39 is 24.3 Å². The van der Waals surface area contributed by atoms with Crippen molar-refractivity contribution in [3.05, 3.63) is 54.2 Å². The van der Waals surface area contributed by atoms with E-state index in [-0.39, 0.29) is 18.1 Å². The number of nitrogens with zero attached hydrogens (tertiary/aromatic N) is 2. The number of hydrogen-bond acceptors (Lipinski definition) is 7. The first-order valence-corrected chi connectivity index (χ1v) is 11.4. The molecule has 0 radical (unpaired) electrons. The second-order valence-electron chi connectivity index (χ2n) is 8.38. The normalized spacial score (nSPS) is 20.9. The number of carbonyl (C=O) groups is 3. The Labute approximate surface area is 217 Å². The number of furan rings is 1. The molecule has 2 aliphatic heterocycles. The number of halogens is 6. The highest BCUT2D eigenvalue weighted by atomic mass is 19.4. The van der Waals surface area contributed by atoms with Gasteiger partial charge in [-0.2, -0.15) is 26.3 Å². The lowest BCUT2D eigenvalue weighted by Gasteiger charge is -2.35. The zero-order valence-corrected chi connectivity index (χ0v) is 20.1. The van der Waals surface area contributed by atoms with Gasteiger partial charge in [0.1, 0.15) is 6.10 Å². The molecule has 0 bridgehead atoms. The van der Waals surface area contributed by atoms with Crippen molar-refractivity contribution in [2.24, 2.45) is 0 Å².